The number of halogens is 1. The Morgan fingerprint density at radius 2 is 2.11 bits per heavy atom. The average Bonchev–Trinajstić information content (AvgIpc) is 2.96. The van der Waals surface area contributed by atoms with Crippen molar-refractivity contribution in [3.63, 3.8) is 0 Å². The summed E-state index contributed by atoms with van der Waals surface area (Å²) < 4.78 is 0. The number of amides is 1. The van der Waals surface area contributed by atoms with E-state index in [4.69, 9.17) is 5.73 Å². The minimum atomic E-state index is -0.151. The molecular formula is C14H23ClN2OS. The molecule has 5 heteroatoms. The van der Waals surface area contributed by atoms with Crippen LogP contribution in [0.5, 0.6) is 0 Å². The van der Waals surface area contributed by atoms with E-state index in [1.54, 1.807) is 11.3 Å². The van der Waals surface area contributed by atoms with Gasteiger partial charge in [-0.3, -0.25) is 4.79 Å². The van der Waals surface area contributed by atoms with Gasteiger partial charge < -0.3 is 11.1 Å². The number of carbonyl (C=O) groups is 1. The zero-order valence-corrected chi connectivity index (χ0v) is 13.3. The third kappa shape index (κ3) is 3.50. The minimum Gasteiger partial charge on any atom is -0.345 e. The van der Waals surface area contributed by atoms with Gasteiger partial charge in [-0.25, -0.2) is 0 Å². The number of nitrogens with two attached hydrogens (primary N) is 1. The maximum atomic E-state index is 12.3. The molecule has 0 unspecified atom stereocenters. The number of aryl methyl sites for hydroxylation is 2. The van der Waals surface area contributed by atoms with Crippen molar-refractivity contribution in [3.05, 3.63) is 21.4 Å². The summed E-state index contributed by atoms with van der Waals surface area (Å²) >= 11 is 1.61. The van der Waals surface area contributed by atoms with E-state index in [2.05, 4.69) is 19.2 Å². The largest absolute Gasteiger partial charge is 0.345 e. The Kier molecular flexibility index (Phi) is 5.83. The lowest BCUT2D eigenvalue weighted by molar-refractivity contribution is 0.0907. The molecule has 108 valence electrons. The van der Waals surface area contributed by atoms with Gasteiger partial charge >= 0.3 is 0 Å². The van der Waals surface area contributed by atoms with Gasteiger partial charge in [0.1, 0.15) is 0 Å². The fourth-order valence-electron chi connectivity index (χ4n) is 2.72. The molecule has 0 spiro atoms. The Morgan fingerprint density at radius 3 is 2.58 bits per heavy atom. The van der Waals surface area contributed by atoms with Gasteiger partial charge in [0.05, 0.1) is 10.4 Å². The summed E-state index contributed by atoms with van der Waals surface area (Å²) in [6.45, 7) is 4.74. The van der Waals surface area contributed by atoms with Gasteiger partial charge in [-0.1, -0.05) is 19.8 Å². The summed E-state index contributed by atoms with van der Waals surface area (Å²) in [7, 11) is 0. The average molecular weight is 303 g/mol. The van der Waals surface area contributed by atoms with E-state index in [1.807, 2.05) is 6.07 Å². The van der Waals surface area contributed by atoms with Crippen LogP contribution >= 0.6 is 23.7 Å². The molecule has 1 aliphatic carbocycles. The number of hydrogen-bond donors (Lipinski definition) is 2. The number of nitrogens with one attached hydrogen (secondary N) is 1. The van der Waals surface area contributed by atoms with Gasteiger partial charge in [0.2, 0.25) is 0 Å². The predicted molar refractivity (Wildman–Crippen MR) is 83.4 cm³/mol. The van der Waals surface area contributed by atoms with Crippen molar-refractivity contribution in [2.24, 2.45) is 5.73 Å². The van der Waals surface area contributed by atoms with Gasteiger partial charge in [0.25, 0.3) is 5.91 Å². The van der Waals surface area contributed by atoms with Crippen molar-refractivity contribution >= 4 is 29.7 Å². The molecule has 1 aromatic heterocycles. The quantitative estimate of drug-likeness (QED) is 0.898. The normalized spacial score (nSPS) is 17.0. The van der Waals surface area contributed by atoms with Crippen LogP contribution in [0.3, 0.4) is 0 Å². The van der Waals surface area contributed by atoms with E-state index in [0.717, 1.165) is 24.1 Å². The Labute approximate surface area is 125 Å². The zero-order valence-electron chi connectivity index (χ0n) is 11.6. The van der Waals surface area contributed by atoms with Crippen molar-refractivity contribution in [1.29, 1.82) is 0 Å². The Morgan fingerprint density at radius 1 is 1.47 bits per heavy atom. The van der Waals surface area contributed by atoms with Crippen molar-refractivity contribution in [2.45, 2.75) is 51.5 Å². The maximum absolute atomic E-state index is 12.3. The first kappa shape index (κ1) is 16.5. The van der Waals surface area contributed by atoms with E-state index >= 15 is 0 Å². The molecule has 2 rings (SSSR count). The van der Waals surface area contributed by atoms with Gasteiger partial charge in [-0.05, 0) is 37.8 Å². The van der Waals surface area contributed by atoms with E-state index in [9.17, 15) is 4.79 Å². The van der Waals surface area contributed by atoms with Crippen LogP contribution in [-0.4, -0.2) is 18.0 Å². The van der Waals surface area contributed by atoms with Crippen LogP contribution in [0, 0.1) is 6.92 Å². The number of hydrogen-bond acceptors (Lipinski definition) is 3. The van der Waals surface area contributed by atoms with E-state index in [-0.39, 0.29) is 23.9 Å². The smallest absolute Gasteiger partial charge is 0.261 e. The van der Waals surface area contributed by atoms with Gasteiger partial charge in [0.15, 0.2) is 0 Å². The van der Waals surface area contributed by atoms with Crippen LogP contribution in [0.1, 0.15) is 52.7 Å². The summed E-state index contributed by atoms with van der Waals surface area (Å²) in [5, 5.41) is 3.17. The summed E-state index contributed by atoms with van der Waals surface area (Å²) in [6.07, 6.45) is 5.36. The highest BCUT2D eigenvalue weighted by Crippen LogP contribution is 2.30. The second kappa shape index (κ2) is 6.73. The van der Waals surface area contributed by atoms with Crippen molar-refractivity contribution in [2.75, 3.05) is 6.54 Å². The van der Waals surface area contributed by atoms with Crippen LogP contribution in [0.2, 0.25) is 0 Å². The summed E-state index contributed by atoms with van der Waals surface area (Å²) in [5.41, 5.74) is 6.92. The first-order chi connectivity index (χ1) is 8.60. The second-order valence-corrected chi connectivity index (χ2v) is 6.35. The highest BCUT2D eigenvalue weighted by Gasteiger charge is 2.34. The molecule has 0 bridgehead atoms. The molecule has 1 amide bonds. The molecule has 0 aromatic carbocycles. The second-order valence-electron chi connectivity index (χ2n) is 5.22. The Hall–Kier alpha value is -0.580. The molecule has 1 saturated carbocycles. The highest BCUT2D eigenvalue weighted by molar-refractivity contribution is 7.14. The molecule has 3 nitrogen and oxygen atoms in total. The number of rotatable bonds is 4. The summed E-state index contributed by atoms with van der Waals surface area (Å²) in [5.74, 6) is 0.0511. The monoisotopic (exact) mass is 302 g/mol. The van der Waals surface area contributed by atoms with Crippen LogP contribution in [-0.2, 0) is 6.42 Å². The van der Waals surface area contributed by atoms with Crippen molar-refractivity contribution < 1.29 is 4.79 Å². The third-order valence-corrected chi connectivity index (χ3v) is 5.28. The van der Waals surface area contributed by atoms with Crippen LogP contribution in [0.4, 0.5) is 0 Å². The summed E-state index contributed by atoms with van der Waals surface area (Å²) in [4.78, 5) is 14.4. The van der Waals surface area contributed by atoms with Gasteiger partial charge in [0, 0.05) is 11.4 Å². The topological polar surface area (TPSA) is 55.1 Å². The van der Waals surface area contributed by atoms with Crippen molar-refractivity contribution in [1.82, 2.24) is 5.32 Å². The Bertz CT molecular complexity index is 439. The van der Waals surface area contributed by atoms with Crippen LogP contribution in [0.25, 0.3) is 0 Å². The maximum Gasteiger partial charge on any atom is 0.261 e. The lowest BCUT2D eigenvalue weighted by Gasteiger charge is -2.28. The zero-order chi connectivity index (χ0) is 13.2. The lowest BCUT2D eigenvalue weighted by Crippen LogP contribution is -2.51. The van der Waals surface area contributed by atoms with Gasteiger partial charge in [-0.2, -0.15) is 0 Å². The predicted octanol–water partition coefficient (Wildman–Crippen LogP) is 3.04. The van der Waals surface area contributed by atoms with Gasteiger partial charge in [-0.15, -0.1) is 23.7 Å². The Balaban J connectivity index is 0.00000180. The standard InChI is InChI=1S/C14H22N2OS.ClH/c1-3-11-10(2)8-12(18-11)13(17)16-14(9-15)6-4-5-7-14;/h8H,3-7,9,15H2,1-2H3,(H,16,17);1H. The molecular weight excluding hydrogens is 280 g/mol. The third-order valence-electron chi connectivity index (χ3n) is 3.90. The molecule has 3 N–H and O–H groups in total. The molecule has 0 atom stereocenters. The highest BCUT2D eigenvalue weighted by atomic mass is 35.5. The van der Waals surface area contributed by atoms with Crippen molar-refractivity contribution in [3.8, 4) is 0 Å². The first-order valence-corrected chi connectivity index (χ1v) is 7.54. The molecule has 1 aliphatic rings. The minimum absolute atomic E-state index is 0. The lowest BCUT2D eigenvalue weighted by atomic mass is 9.98. The van der Waals surface area contributed by atoms with E-state index < -0.39 is 0 Å². The molecule has 1 aromatic rings. The van der Waals surface area contributed by atoms with E-state index in [0.29, 0.717) is 6.54 Å². The van der Waals surface area contributed by atoms with Crippen LogP contribution < -0.4 is 11.1 Å². The van der Waals surface area contributed by atoms with E-state index in [1.165, 1.54) is 23.3 Å². The first-order valence-electron chi connectivity index (χ1n) is 6.72. The number of thiophene rings is 1. The SMILES string of the molecule is CCc1sc(C(=O)NC2(CN)CCCC2)cc1C.Cl. The molecule has 1 heterocycles. The fraction of sp³-hybridized carbons (Fsp3) is 0.643. The fourth-order valence-corrected chi connectivity index (χ4v) is 3.73. The number of carbonyl (C=O) groups excluding carboxylic acids is 1. The molecule has 19 heavy (non-hydrogen) atoms. The van der Waals surface area contributed by atoms with Crippen LogP contribution in [0.15, 0.2) is 6.07 Å². The molecule has 0 radical (unpaired) electrons. The molecule has 0 saturated heterocycles. The summed E-state index contributed by atoms with van der Waals surface area (Å²) in [6, 6.07) is 2.00. The molecule has 0 aliphatic heterocycles. The molecule has 1 fully saturated rings.